The zero-order valence-electron chi connectivity index (χ0n) is 16.4. The minimum Gasteiger partial charge on any atom is -0.355 e. The zero-order chi connectivity index (χ0) is 19.8. The van der Waals surface area contributed by atoms with Crippen molar-refractivity contribution in [2.75, 3.05) is 25.4 Å². The third-order valence-corrected chi connectivity index (χ3v) is 6.22. The first-order valence-corrected chi connectivity index (χ1v) is 11.0. The lowest BCUT2D eigenvalue weighted by Crippen LogP contribution is -2.43. The van der Waals surface area contributed by atoms with Crippen LogP contribution in [-0.4, -0.2) is 42.1 Å². The van der Waals surface area contributed by atoms with Gasteiger partial charge in [0.15, 0.2) is 0 Å². The summed E-state index contributed by atoms with van der Waals surface area (Å²) in [6.45, 7) is 3.95. The van der Waals surface area contributed by atoms with Crippen molar-refractivity contribution in [2.45, 2.75) is 25.5 Å². The number of aryl methyl sites for hydroxylation is 1. The van der Waals surface area contributed by atoms with Crippen molar-refractivity contribution in [1.82, 2.24) is 10.2 Å². The van der Waals surface area contributed by atoms with Crippen LogP contribution in [0.3, 0.4) is 0 Å². The molecule has 3 rings (SSSR count). The molecule has 0 aromatic heterocycles. The van der Waals surface area contributed by atoms with Gasteiger partial charge in [-0.25, -0.2) is 0 Å². The molecule has 0 unspecified atom stereocenters. The predicted octanol–water partition coefficient (Wildman–Crippen LogP) is 3.90. The largest absolute Gasteiger partial charge is 0.355 e. The molecule has 0 radical (unpaired) electrons. The summed E-state index contributed by atoms with van der Waals surface area (Å²) in [7, 11) is 0. The lowest BCUT2D eigenvalue weighted by atomic mass is 9.95. The summed E-state index contributed by atoms with van der Waals surface area (Å²) < 4.78 is 0. The van der Waals surface area contributed by atoms with Gasteiger partial charge in [0.2, 0.25) is 5.91 Å². The maximum Gasteiger partial charge on any atom is 0.254 e. The lowest BCUT2D eigenvalue weighted by Gasteiger charge is -2.31. The molecule has 5 heteroatoms. The lowest BCUT2D eigenvalue weighted by molar-refractivity contribution is -0.126. The van der Waals surface area contributed by atoms with Crippen molar-refractivity contribution in [3.63, 3.8) is 0 Å². The Labute approximate surface area is 171 Å². The number of benzene rings is 2. The summed E-state index contributed by atoms with van der Waals surface area (Å²) in [6, 6.07) is 18.1. The molecule has 0 aliphatic carbocycles. The third-order valence-electron chi connectivity index (χ3n) is 5.19. The summed E-state index contributed by atoms with van der Waals surface area (Å²) in [5, 5.41) is 3.06. The number of thioether (sulfide) groups is 1. The molecule has 1 saturated heterocycles. The number of hydrogen-bond acceptors (Lipinski definition) is 3. The van der Waals surface area contributed by atoms with Gasteiger partial charge in [-0.05, 0) is 37.0 Å². The molecule has 2 amide bonds. The topological polar surface area (TPSA) is 49.4 Å². The maximum absolute atomic E-state index is 12.7. The van der Waals surface area contributed by atoms with E-state index in [-0.39, 0.29) is 17.7 Å². The van der Waals surface area contributed by atoms with E-state index in [2.05, 4.69) is 17.4 Å². The highest BCUT2D eigenvalue weighted by Gasteiger charge is 2.28. The van der Waals surface area contributed by atoms with Crippen LogP contribution in [0.1, 0.15) is 34.3 Å². The number of carbonyl (C=O) groups excluding carboxylic acids is 2. The summed E-state index contributed by atoms with van der Waals surface area (Å²) in [4.78, 5) is 27.0. The molecule has 28 heavy (non-hydrogen) atoms. The molecule has 1 N–H and O–H groups in total. The number of nitrogens with zero attached hydrogens (tertiary/aromatic N) is 1. The van der Waals surface area contributed by atoms with E-state index in [9.17, 15) is 9.59 Å². The van der Waals surface area contributed by atoms with E-state index in [0.29, 0.717) is 19.6 Å². The SMILES string of the molecule is Cc1ccccc1C(=O)N1CCC(C(=O)NCCSCc2ccccc2)CC1. The van der Waals surface area contributed by atoms with E-state index in [4.69, 9.17) is 0 Å². The quantitative estimate of drug-likeness (QED) is 0.722. The van der Waals surface area contributed by atoms with Gasteiger partial charge in [-0.3, -0.25) is 9.59 Å². The van der Waals surface area contributed by atoms with E-state index in [1.54, 1.807) is 0 Å². The second-order valence-corrected chi connectivity index (χ2v) is 8.32. The van der Waals surface area contributed by atoms with E-state index < -0.39 is 0 Å². The van der Waals surface area contributed by atoms with Gasteiger partial charge in [0, 0.05) is 42.6 Å². The number of nitrogens with one attached hydrogen (secondary N) is 1. The molecular weight excluding hydrogens is 368 g/mol. The van der Waals surface area contributed by atoms with Crippen molar-refractivity contribution >= 4 is 23.6 Å². The monoisotopic (exact) mass is 396 g/mol. The van der Waals surface area contributed by atoms with E-state index >= 15 is 0 Å². The van der Waals surface area contributed by atoms with E-state index in [0.717, 1.165) is 35.5 Å². The van der Waals surface area contributed by atoms with Crippen molar-refractivity contribution in [3.8, 4) is 0 Å². The van der Waals surface area contributed by atoms with Gasteiger partial charge >= 0.3 is 0 Å². The Morgan fingerprint density at radius 1 is 1.04 bits per heavy atom. The fraction of sp³-hybridized carbons (Fsp3) is 0.391. The fourth-order valence-electron chi connectivity index (χ4n) is 3.48. The highest BCUT2D eigenvalue weighted by atomic mass is 32.2. The minimum atomic E-state index is 0.0139. The molecule has 1 aliphatic rings. The summed E-state index contributed by atoms with van der Waals surface area (Å²) in [5.74, 6) is 2.10. The van der Waals surface area contributed by atoms with Gasteiger partial charge in [-0.1, -0.05) is 48.5 Å². The number of carbonyl (C=O) groups is 2. The van der Waals surface area contributed by atoms with Gasteiger partial charge in [-0.15, -0.1) is 0 Å². The van der Waals surface area contributed by atoms with Crippen molar-refractivity contribution in [1.29, 1.82) is 0 Å². The number of hydrogen-bond donors (Lipinski definition) is 1. The first-order valence-electron chi connectivity index (χ1n) is 9.89. The molecule has 2 aromatic rings. The minimum absolute atomic E-state index is 0.0139. The predicted molar refractivity (Wildman–Crippen MR) is 115 cm³/mol. The second kappa shape index (κ2) is 10.3. The summed E-state index contributed by atoms with van der Waals surface area (Å²) in [6.07, 6.45) is 1.47. The Hall–Kier alpha value is -2.27. The van der Waals surface area contributed by atoms with Crippen molar-refractivity contribution < 1.29 is 9.59 Å². The van der Waals surface area contributed by atoms with Gasteiger partial charge in [0.1, 0.15) is 0 Å². The maximum atomic E-state index is 12.7. The molecule has 148 valence electrons. The standard InChI is InChI=1S/C23H28N2O2S/c1-18-7-5-6-10-21(18)23(27)25-14-11-20(12-15-25)22(26)24-13-16-28-17-19-8-3-2-4-9-19/h2-10,20H,11-17H2,1H3,(H,24,26). The smallest absolute Gasteiger partial charge is 0.254 e. The third kappa shape index (κ3) is 5.61. The van der Waals surface area contributed by atoms with Crippen LogP contribution in [0.2, 0.25) is 0 Å². The highest BCUT2D eigenvalue weighted by molar-refractivity contribution is 7.98. The van der Waals surface area contributed by atoms with Gasteiger partial charge in [0.25, 0.3) is 5.91 Å². The zero-order valence-corrected chi connectivity index (χ0v) is 17.2. The Kier molecular flexibility index (Phi) is 7.54. The second-order valence-electron chi connectivity index (χ2n) is 7.21. The van der Waals surface area contributed by atoms with Crippen LogP contribution in [0.25, 0.3) is 0 Å². The molecule has 1 fully saturated rings. The molecule has 0 spiro atoms. The number of piperidine rings is 1. The highest BCUT2D eigenvalue weighted by Crippen LogP contribution is 2.20. The molecular formula is C23H28N2O2S. The number of amides is 2. The summed E-state index contributed by atoms with van der Waals surface area (Å²) >= 11 is 1.83. The molecule has 2 aromatic carbocycles. The van der Waals surface area contributed by atoms with Crippen LogP contribution in [-0.2, 0) is 10.5 Å². The summed E-state index contributed by atoms with van der Waals surface area (Å²) in [5.41, 5.74) is 3.07. The molecule has 1 aliphatic heterocycles. The van der Waals surface area contributed by atoms with E-state index in [1.807, 2.05) is 66.1 Å². The molecule has 4 nitrogen and oxygen atoms in total. The van der Waals surface area contributed by atoms with Crippen LogP contribution in [0, 0.1) is 12.8 Å². The van der Waals surface area contributed by atoms with Crippen LogP contribution >= 0.6 is 11.8 Å². The Morgan fingerprint density at radius 3 is 2.43 bits per heavy atom. The first-order chi connectivity index (χ1) is 13.6. The van der Waals surface area contributed by atoms with Crippen LogP contribution < -0.4 is 5.32 Å². The Balaban J connectivity index is 1.36. The van der Waals surface area contributed by atoms with Gasteiger partial charge < -0.3 is 10.2 Å². The molecule has 0 saturated carbocycles. The normalized spacial score (nSPS) is 14.7. The molecule has 0 bridgehead atoms. The molecule has 1 heterocycles. The fourth-order valence-corrected chi connectivity index (χ4v) is 4.30. The van der Waals surface area contributed by atoms with Crippen LogP contribution in [0.4, 0.5) is 0 Å². The van der Waals surface area contributed by atoms with E-state index in [1.165, 1.54) is 5.56 Å². The van der Waals surface area contributed by atoms with Gasteiger partial charge in [0.05, 0.1) is 0 Å². The van der Waals surface area contributed by atoms with Crippen molar-refractivity contribution in [2.24, 2.45) is 5.92 Å². The average molecular weight is 397 g/mol. The average Bonchev–Trinajstić information content (AvgIpc) is 2.74. The van der Waals surface area contributed by atoms with Crippen molar-refractivity contribution in [3.05, 3.63) is 71.3 Å². The first kappa shape index (κ1) is 20.5. The van der Waals surface area contributed by atoms with Crippen LogP contribution in [0.15, 0.2) is 54.6 Å². The Morgan fingerprint density at radius 2 is 1.71 bits per heavy atom. The van der Waals surface area contributed by atoms with Gasteiger partial charge in [-0.2, -0.15) is 11.8 Å². The number of likely N-dealkylation sites (tertiary alicyclic amines) is 1. The number of rotatable bonds is 7. The molecule has 0 atom stereocenters. The Bertz CT molecular complexity index is 786. The van der Waals surface area contributed by atoms with Crippen LogP contribution in [0.5, 0.6) is 0 Å².